The lowest BCUT2D eigenvalue weighted by atomic mass is 9.81. The van der Waals surface area contributed by atoms with E-state index >= 15 is 0 Å². The normalized spacial score (nSPS) is 12.1. The Hall–Kier alpha value is -2.12. The summed E-state index contributed by atoms with van der Waals surface area (Å²) in [7, 11) is 0. The number of hydrogen-bond acceptors (Lipinski definition) is 4. The fourth-order valence-electron chi connectivity index (χ4n) is 1.89. The molecule has 0 aromatic carbocycles. The van der Waals surface area contributed by atoms with E-state index in [1.54, 1.807) is 0 Å². The molecule has 0 aromatic heterocycles. The third-order valence-corrected chi connectivity index (χ3v) is 2.71. The quantitative estimate of drug-likeness (QED) is 0.450. The molecule has 0 aromatic rings. The molecule has 1 unspecified atom stereocenters. The van der Waals surface area contributed by atoms with Gasteiger partial charge in [0, 0.05) is 25.7 Å². The molecular formula is C11H16O8. The van der Waals surface area contributed by atoms with Crippen molar-refractivity contribution in [1.82, 2.24) is 0 Å². The van der Waals surface area contributed by atoms with Crippen molar-refractivity contribution in [1.29, 1.82) is 0 Å². The van der Waals surface area contributed by atoms with Crippen molar-refractivity contribution < 1.29 is 39.6 Å². The van der Waals surface area contributed by atoms with Gasteiger partial charge in [-0.2, -0.15) is 0 Å². The first-order valence-electron chi connectivity index (χ1n) is 5.59. The number of carboxylic acids is 4. The Balaban J connectivity index is 4.85. The second-order valence-electron chi connectivity index (χ2n) is 4.25. The summed E-state index contributed by atoms with van der Waals surface area (Å²) in [4.78, 5) is 42.5. The zero-order valence-electron chi connectivity index (χ0n) is 10.1. The van der Waals surface area contributed by atoms with Crippen LogP contribution in [0.4, 0.5) is 0 Å². The molecule has 0 rings (SSSR count). The molecule has 4 N–H and O–H groups in total. The number of aliphatic carboxylic acids is 4. The van der Waals surface area contributed by atoms with Gasteiger partial charge in [0.15, 0.2) is 0 Å². The molecule has 1 atom stereocenters. The Morgan fingerprint density at radius 1 is 0.632 bits per heavy atom. The molecule has 0 saturated heterocycles. The molecule has 8 heteroatoms. The van der Waals surface area contributed by atoms with Crippen LogP contribution in [0.1, 0.15) is 32.1 Å². The van der Waals surface area contributed by atoms with Crippen LogP contribution < -0.4 is 0 Å². The highest BCUT2D eigenvalue weighted by Gasteiger charge is 2.28. The minimum Gasteiger partial charge on any atom is -0.481 e. The number of hydrogen-bond donors (Lipinski definition) is 4. The molecule has 0 heterocycles. The van der Waals surface area contributed by atoms with E-state index in [9.17, 15) is 19.2 Å². The van der Waals surface area contributed by atoms with Gasteiger partial charge in [-0.15, -0.1) is 0 Å². The van der Waals surface area contributed by atoms with Crippen LogP contribution in [-0.2, 0) is 19.2 Å². The standard InChI is InChI=1S/C11H16O8/c12-8(13)2-1-6(3-9(14)15)7(4-10(16)17)5-11(18)19/h6-7H,1-5H2,(H,12,13)(H,14,15)(H,16,17)(H,18,19). The summed E-state index contributed by atoms with van der Waals surface area (Å²) in [6.07, 6.45) is -1.83. The van der Waals surface area contributed by atoms with Gasteiger partial charge in [0.1, 0.15) is 0 Å². The summed E-state index contributed by atoms with van der Waals surface area (Å²) in [5.74, 6) is -6.52. The lowest BCUT2D eigenvalue weighted by molar-refractivity contribution is -0.145. The second-order valence-corrected chi connectivity index (χ2v) is 4.25. The maximum Gasteiger partial charge on any atom is 0.303 e. The maximum absolute atomic E-state index is 10.7. The topological polar surface area (TPSA) is 149 Å². The van der Waals surface area contributed by atoms with E-state index in [4.69, 9.17) is 20.4 Å². The predicted molar refractivity (Wildman–Crippen MR) is 60.6 cm³/mol. The van der Waals surface area contributed by atoms with Crippen LogP contribution in [0.5, 0.6) is 0 Å². The molecule has 0 fully saturated rings. The molecule has 108 valence electrons. The van der Waals surface area contributed by atoms with Crippen molar-refractivity contribution in [2.45, 2.75) is 32.1 Å². The van der Waals surface area contributed by atoms with E-state index in [0.29, 0.717) is 0 Å². The minimum atomic E-state index is -1.24. The van der Waals surface area contributed by atoms with Crippen molar-refractivity contribution in [2.75, 3.05) is 0 Å². The van der Waals surface area contributed by atoms with E-state index < -0.39 is 55.0 Å². The van der Waals surface area contributed by atoms with Gasteiger partial charge >= 0.3 is 23.9 Å². The van der Waals surface area contributed by atoms with Crippen molar-refractivity contribution in [3.05, 3.63) is 0 Å². The molecule has 0 aliphatic rings. The van der Waals surface area contributed by atoms with Gasteiger partial charge in [0.25, 0.3) is 0 Å². The van der Waals surface area contributed by atoms with Gasteiger partial charge in [-0.25, -0.2) is 0 Å². The molecule has 0 bridgehead atoms. The fourth-order valence-corrected chi connectivity index (χ4v) is 1.89. The van der Waals surface area contributed by atoms with Crippen LogP contribution in [0.3, 0.4) is 0 Å². The number of carbonyl (C=O) groups is 4. The zero-order chi connectivity index (χ0) is 15.0. The average Bonchev–Trinajstić information content (AvgIpc) is 2.21. The molecule has 0 aliphatic carbocycles. The van der Waals surface area contributed by atoms with Crippen molar-refractivity contribution in [2.24, 2.45) is 11.8 Å². The Morgan fingerprint density at radius 3 is 1.32 bits per heavy atom. The highest BCUT2D eigenvalue weighted by atomic mass is 16.4. The number of carboxylic acid groups (broad SMARTS) is 4. The summed E-state index contributed by atoms with van der Waals surface area (Å²) in [5, 5.41) is 34.7. The summed E-state index contributed by atoms with van der Waals surface area (Å²) < 4.78 is 0. The summed E-state index contributed by atoms with van der Waals surface area (Å²) in [5.41, 5.74) is 0. The van der Waals surface area contributed by atoms with E-state index in [1.807, 2.05) is 0 Å². The molecular weight excluding hydrogens is 260 g/mol. The Labute approximate surface area is 108 Å². The van der Waals surface area contributed by atoms with Gasteiger partial charge in [-0.05, 0) is 18.3 Å². The first-order valence-corrected chi connectivity index (χ1v) is 5.59. The average molecular weight is 276 g/mol. The lowest BCUT2D eigenvalue weighted by Gasteiger charge is -2.22. The summed E-state index contributed by atoms with van der Waals surface area (Å²) in [6, 6.07) is 0. The summed E-state index contributed by atoms with van der Waals surface area (Å²) in [6.45, 7) is 0. The molecule has 0 amide bonds. The molecule has 0 saturated carbocycles. The zero-order valence-corrected chi connectivity index (χ0v) is 10.1. The first kappa shape index (κ1) is 16.9. The monoisotopic (exact) mass is 276 g/mol. The van der Waals surface area contributed by atoms with E-state index in [1.165, 1.54) is 0 Å². The fraction of sp³-hybridized carbons (Fsp3) is 0.636. The van der Waals surface area contributed by atoms with Crippen molar-refractivity contribution in [3.8, 4) is 0 Å². The van der Waals surface area contributed by atoms with Crippen LogP contribution in [0.15, 0.2) is 0 Å². The first-order chi connectivity index (χ1) is 8.72. The molecule has 8 nitrogen and oxygen atoms in total. The summed E-state index contributed by atoms with van der Waals surface area (Å²) >= 11 is 0. The highest BCUT2D eigenvalue weighted by Crippen LogP contribution is 2.27. The van der Waals surface area contributed by atoms with Crippen LogP contribution in [0.2, 0.25) is 0 Å². The van der Waals surface area contributed by atoms with E-state index in [2.05, 4.69) is 0 Å². The minimum absolute atomic E-state index is 0.0626. The number of rotatable bonds is 10. The largest absolute Gasteiger partial charge is 0.481 e. The smallest absolute Gasteiger partial charge is 0.303 e. The van der Waals surface area contributed by atoms with E-state index in [0.717, 1.165) is 0 Å². The van der Waals surface area contributed by atoms with Crippen LogP contribution in [0.25, 0.3) is 0 Å². The Kier molecular flexibility index (Phi) is 7.16. The van der Waals surface area contributed by atoms with Crippen LogP contribution in [0, 0.1) is 11.8 Å². The van der Waals surface area contributed by atoms with E-state index in [-0.39, 0.29) is 12.8 Å². The lowest BCUT2D eigenvalue weighted by Crippen LogP contribution is -2.24. The van der Waals surface area contributed by atoms with Gasteiger partial charge in [0.2, 0.25) is 0 Å². The van der Waals surface area contributed by atoms with Crippen molar-refractivity contribution >= 4 is 23.9 Å². The maximum atomic E-state index is 10.7. The Bertz CT molecular complexity index is 346. The van der Waals surface area contributed by atoms with Gasteiger partial charge in [-0.1, -0.05) is 0 Å². The van der Waals surface area contributed by atoms with Crippen molar-refractivity contribution in [3.63, 3.8) is 0 Å². The third kappa shape index (κ3) is 8.58. The molecule has 0 spiro atoms. The SMILES string of the molecule is O=C(O)CCC(CC(=O)O)C(CC(=O)O)CC(=O)O. The molecule has 0 radical (unpaired) electrons. The van der Waals surface area contributed by atoms with Gasteiger partial charge in [0.05, 0.1) is 0 Å². The second kappa shape index (κ2) is 8.06. The van der Waals surface area contributed by atoms with Gasteiger partial charge < -0.3 is 20.4 Å². The van der Waals surface area contributed by atoms with Crippen LogP contribution in [-0.4, -0.2) is 44.3 Å². The highest BCUT2D eigenvalue weighted by molar-refractivity contribution is 5.72. The van der Waals surface area contributed by atoms with Crippen LogP contribution >= 0.6 is 0 Å². The molecule has 19 heavy (non-hydrogen) atoms. The van der Waals surface area contributed by atoms with Gasteiger partial charge in [-0.3, -0.25) is 19.2 Å². The third-order valence-electron chi connectivity index (χ3n) is 2.71. The Morgan fingerprint density at radius 2 is 1.00 bits per heavy atom. The molecule has 0 aliphatic heterocycles. The predicted octanol–water partition coefficient (Wildman–Crippen LogP) is 0.508.